The molecule has 0 amide bonds. The average molecular weight is 360 g/mol. The zero-order valence-electron chi connectivity index (χ0n) is 14.4. The van der Waals surface area contributed by atoms with E-state index >= 15 is 0 Å². The molecular formula is C20H26BrN. The summed E-state index contributed by atoms with van der Waals surface area (Å²) in [6.07, 6.45) is 0. The van der Waals surface area contributed by atoms with Gasteiger partial charge in [-0.25, -0.2) is 0 Å². The summed E-state index contributed by atoms with van der Waals surface area (Å²) in [6.45, 7) is 13.6. The monoisotopic (exact) mass is 359 g/mol. The lowest BCUT2D eigenvalue weighted by atomic mass is 9.80. The minimum Gasteiger partial charge on any atom is -0.355 e. The summed E-state index contributed by atoms with van der Waals surface area (Å²) in [5, 5.41) is 3.55. The molecule has 2 aromatic rings. The Morgan fingerprint density at radius 2 is 1.27 bits per heavy atom. The Morgan fingerprint density at radius 3 is 1.73 bits per heavy atom. The maximum Gasteiger partial charge on any atom is 0.0528 e. The van der Waals surface area contributed by atoms with Gasteiger partial charge in [0, 0.05) is 10.2 Å². The van der Waals surface area contributed by atoms with Gasteiger partial charge in [0.1, 0.15) is 0 Å². The van der Waals surface area contributed by atoms with Crippen LogP contribution in [0.1, 0.15) is 52.7 Å². The van der Waals surface area contributed by atoms with Gasteiger partial charge >= 0.3 is 0 Å². The standard InChI is InChI=1S/C20H26BrN/c1-19(2,3)14-11-15(20(4,5)6)13-16(12-14)22-18-10-8-7-9-17(18)21/h7-13,22H,1-6H3. The van der Waals surface area contributed by atoms with Crippen molar-refractivity contribution in [3.05, 3.63) is 58.1 Å². The molecule has 0 radical (unpaired) electrons. The van der Waals surface area contributed by atoms with Crippen molar-refractivity contribution >= 4 is 27.3 Å². The predicted molar refractivity (Wildman–Crippen MR) is 101 cm³/mol. The molecule has 0 saturated carbocycles. The zero-order chi connectivity index (χ0) is 16.5. The van der Waals surface area contributed by atoms with Gasteiger partial charge in [-0.1, -0.05) is 59.7 Å². The van der Waals surface area contributed by atoms with Gasteiger partial charge in [0.05, 0.1) is 5.69 Å². The van der Waals surface area contributed by atoms with Crippen LogP contribution in [0.25, 0.3) is 0 Å². The van der Waals surface area contributed by atoms with Crippen LogP contribution in [0.2, 0.25) is 0 Å². The maximum atomic E-state index is 3.61. The number of rotatable bonds is 2. The van der Waals surface area contributed by atoms with Crippen LogP contribution in [0, 0.1) is 0 Å². The first kappa shape index (κ1) is 17.1. The van der Waals surface area contributed by atoms with Gasteiger partial charge in [-0.05, 0) is 62.2 Å². The third-order valence-corrected chi connectivity index (χ3v) is 4.51. The Hall–Kier alpha value is -1.28. The van der Waals surface area contributed by atoms with Crippen LogP contribution in [0.5, 0.6) is 0 Å². The third kappa shape index (κ3) is 4.13. The first-order valence-corrected chi connectivity index (χ1v) is 8.54. The highest BCUT2D eigenvalue weighted by molar-refractivity contribution is 9.10. The molecule has 1 N–H and O–H groups in total. The van der Waals surface area contributed by atoms with Gasteiger partial charge in [0.15, 0.2) is 0 Å². The van der Waals surface area contributed by atoms with Crippen molar-refractivity contribution in [3.8, 4) is 0 Å². The highest BCUT2D eigenvalue weighted by atomic mass is 79.9. The number of para-hydroxylation sites is 1. The number of halogens is 1. The fourth-order valence-corrected chi connectivity index (χ4v) is 2.67. The molecule has 22 heavy (non-hydrogen) atoms. The van der Waals surface area contributed by atoms with Crippen molar-refractivity contribution in [1.29, 1.82) is 0 Å². The molecule has 0 spiro atoms. The van der Waals surface area contributed by atoms with Crippen molar-refractivity contribution in [3.63, 3.8) is 0 Å². The van der Waals surface area contributed by atoms with E-state index in [4.69, 9.17) is 0 Å². The molecule has 0 bridgehead atoms. The lowest BCUT2D eigenvalue weighted by Gasteiger charge is -2.26. The van der Waals surface area contributed by atoms with Gasteiger partial charge < -0.3 is 5.32 Å². The molecule has 2 rings (SSSR count). The minimum atomic E-state index is 0.131. The molecule has 0 atom stereocenters. The topological polar surface area (TPSA) is 12.0 Å². The summed E-state index contributed by atoms with van der Waals surface area (Å²) in [5.41, 5.74) is 5.21. The molecule has 1 nitrogen and oxygen atoms in total. The van der Waals surface area contributed by atoms with Crippen molar-refractivity contribution in [2.45, 2.75) is 52.4 Å². The van der Waals surface area contributed by atoms with Gasteiger partial charge in [-0.15, -0.1) is 0 Å². The Balaban J connectivity index is 2.49. The second-order valence-corrected chi connectivity index (χ2v) is 8.76. The fraction of sp³-hybridized carbons (Fsp3) is 0.400. The molecule has 0 unspecified atom stereocenters. The largest absolute Gasteiger partial charge is 0.355 e. The minimum absolute atomic E-state index is 0.131. The highest BCUT2D eigenvalue weighted by Crippen LogP contribution is 2.34. The van der Waals surface area contributed by atoms with Gasteiger partial charge in [0.2, 0.25) is 0 Å². The molecular weight excluding hydrogens is 334 g/mol. The van der Waals surface area contributed by atoms with Crippen molar-refractivity contribution < 1.29 is 0 Å². The second kappa shape index (κ2) is 6.08. The molecule has 2 aromatic carbocycles. The summed E-state index contributed by atoms with van der Waals surface area (Å²) in [5.74, 6) is 0. The first-order valence-electron chi connectivity index (χ1n) is 7.75. The van der Waals surface area contributed by atoms with E-state index in [1.54, 1.807) is 0 Å². The Kier molecular flexibility index (Phi) is 4.72. The van der Waals surface area contributed by atoms with E-state index in [1.165, 1.54) is 11.1 Å². The van der Waals surface area contributed by atoms with E-state index in [0.29, 0.717) is 0 Å². The van der Waals surface area contributed by atoms with Crippen molar-refractivity contribution in [1.82, 2.24) is 0 Å². The Labute approximate surface area is 143 Å². The molecule has 0 aromatic heterocycles. The summed E-state index contributed by atoms with van der Waals surface area (Å²) in [4.78, 5) is 0. The number of hydrogen-bond acceptors (Lipinski definition) is 1. The average Bonchev–Trinajstić information content (AvgIpc) is 2.39. The van der Waals surface area contributed by atoms with Gasteiger partial charge in [-0.3, -0.25) is 0 Å². The summed E-state index contributed by atoms with van der Waals surface area (Å²) >= 11 is 3.61. The summed E-state index contributed by atoms with van der Waals surface area (Å²) < 4.78 is 1.08. The van der Waals surface area contributed by atoms with Crippen LogP contribution >= 0.6 is 15.9 Å². The van der Waals surface area contributed by atoms with Crippen molar-refractivity contribution in [2.75, 3.05) is 5.32 Å². The summed E-state index contributed by atoms with van der Waals surface area (Å²) in [6, 6.07) is 15.1. The van der Waals surface area contributed by atoms with Gasteiger partial charge in [-0.2, -0.15) is 0 Å². The van der Waals surface area contributed by atoms with E-state index in [0.717, 1.165) is 15.8 Å². The summed E-state index contributed by atoms with van der Waals surface area (Å²) in [7, 11) is 0. The predicted octanol–water partition coefficient (Wildman–Crippen LogP) is 6.79. The number of benzene rings is 2. The van der Waals surface area contributed by atoms with E-state index in [9.17, 15) is 0 Å². The number of hydrogen-bond donors (Lipinski definition) is 1. The smallest absolute Gasteiger partial charge is 0.0528 e. The molecule has 0 heterocycles. The maximum absolute atomic E-state index is 3.61. The fourth-order valence-electron chi connectivity index (χ4n) is 2.28. The van der Waals surface area contributed by atoms with E-state index < -0.39 is 0 Å². The molecule has 2 heteroatoms. The first-order chi connectivity index (χ1) is 10.1. The molecule has 0 saturated heterocycles. The molecule has 0 fully saturated rings. The SMILES string of the molecule is CC(C)(C)c1cc(Nc2ccccc2Br)cc(C(C)(C)C)c1. The Bertz CT molecular complexity index is 628. The Morgan fingerprint density at radius 1 is 0.773 bits per heavy atom. The van der Waals surface area contributed by atoms with Crippen LogP contribution in [0.4, 0.5) is 11.4 Å². The molecule has 118 valence electrons. The highest BCUT2D eigenvalue weighted by Gasteiger charge is 2.20. The third-order valence-electron chi connectivity index (χ3n) is 3.82. The second-order valence-electron chi connectivity index (χ2n) is 7.90. The normalized spacial score (nSPS) is 12.3. The lowest BCUT2D eigenvalue weighted by Crippen LogP contribution is -2.16. The van der Waals surface area contributed by atoms with Crippen LogP contribution in [-0.4, -0.2) is 0 Å². The van der Waals surface area contributed by atoms with Crippen molar-refractivity contribution in [2.24, 2.45) is 0 Å². The van der Waals surface area contributed by atoms with Crippen LogP contribution in [0.15, 0.2) is 46.9 Å². The van der Waals surface area contributed by atoms with Gasteiger partial charge in [0.25, 0.3) is 0 Å². The number of nitrogens with one attached hydrogen (secondary N) is 1. The van der Waals surface area contributed by atoms with E-state index in [2.05, 4.69) is 93.1 Å². The van der Waals surface area contributed by atoms with Crippen LogP contribution < -0.4 is 5.32 Å². The molecule has 0 aliphatic heterocycles. The van der Waals surface area contributed by atoms with Crippen LogP contribution in [0.3, 0.4) is 0 Å². The molecule has 0 aliphatic carbocycles. The van der Waals surface area contributed by atoms with E-state index in [1.807, 2.05) is 12.1 Å². The molecule has 0 aliphatic rings. The quantitative estimate of drug-likeness (QED) is 0.622. The zero-order valence-corrected chi connectivity index (χ0v) is 16.0. The lowest BCUT2D eigenvalue weighted by molar-refractivity contribution is 0.569. The van der Waals surface area contributed by atoms with Crippen LogP contribution in [-0.2, 0) is 10.8 Å². The van der Waals surface area contributed by atoms with E-state index in [-0.39, 0.29) is 10.8 Å². The number of anilines is 2.